The summed E-state index contributed by atoms with van der Waals surface area (Å²) in [6.07, 6.45) is 1.85. The molecule has 32 heavy (non-hydrogen) atoms. The van der Waals surface area contributed by atoms with Gasteiger partial charge in [0.1, 0.15) is 5.75 Å². The summed E-state index contributed by atoms with van der Waals surface area (Å²) < 4.78 is 14.2. The molecule has 166 valence electrons. The maximum atomic E-state index is 13.6. The number of rotatable bonds is 4. The highest BCUT2D eigenvalue weighted by molar-refractivity contribution is 7.07. The topological polar surface area (TPSA) is 87.7 Å². The zero-order chi connectivity index (χ0) is 23.2. The van der Waals surface area contributed by atoms with Gasteiger partial charge in [0.05, 0.1) is 41.8 Å². The lowest BCUT2D eigenvalue weighted by molar-refractivity contribution is -0.136. The first-order chi connectivity index (χ1) is 15.3. The van der Waals surface area contributed by atoms with Gasteiger partial charge in [-0.05, 0) is 44.5 Å². The first kappa shape index (κ1) is 21.8. The lowest BCUT2D eigenvalue weighted by Crippen LogP contribution is -2.39. The van der Waals surface area contributed by atoms with E-state index in [0.29, 0.717) is 26.4 Å². The second kappa shape index (κ2) is 8.23. The molecule has 1 aromatic carbocycles. The van der Waals surface area contributed by atoms with Gasteiger partial charge < -0.3 is 9.47 Å². The van der Waals surface area contributed by atoms with Crippen LogP contribution in [0.15, 0.2) is 45.3 Å². The van der Waals surface area contributed by atoms with Crippen LogP contribution >= 0.6 is 11.3 Å². The maximum absolute atomic E-state index is 13.6. The molecule has 1 atom stereocenters. The summed E-state index contributed by atoms with van der Waals surface area (Å²) in [7, 11) is 4.79. The lowest BCUT2D eigenvalue weighted by Gasteiger charge is -2.24. The first-order valence-electron chi connectivity index (χ1n) is 10.0. The van der Waals surface area contributed by atoms with E-state index in [1.54, 1.807) is 35.4 Å². The predicted molar refractivity (Wildman–Crippen MR) is 121 cm³/mol. The smallest absolute Gasteiger partial charge is 0.338 e. The minimum atomic E-state index is -0.650. The average Bonchev–Trinajstić information content (AvgIpc) is 3.22. The van der Waals surface area contributed by atoms with Gasteiger partial charge in [0, 0.05) is 18.3 Å². The lowest BCUT2D eigenvalue weighted by atomic mass is 9.96. The van der Waals surface area contributed by atoms with Crippen molar-refractivity contribution in [2.24, 2.45) is 12.0 Å². The number of thiazole rings is 1. The molecule has 0 fully saturated rings. The van der Waals surface area contributed by atoms with Crippen molar-refractivity contribution in [3.63, 3.8) is 0 Å². The molecule has 0 radical (unpaired) electrons. The number of hydrogen-bond donors (Lipinski definition) is 0. The number of methoxy groups -OCH3 is 2. The summed E-state index contributed by atoms with van der Waals surface area (Å²) >= 11 is 1.29. The molecule has 0 N–H and O–H groups in total. The van der Waals surface area contributed by atoms with E-state index in [2.05, 4.69) is 10.1 Å². The third-order valence-electron chi connectivity index (χ3n) is 5.70. The van der Waals surface area contributed by atoms with Crippen LogP contribution in [0.2, 0.25) is 0 Å². The summed E-state index contributed by atoms with van der Waals surface area (Å²) in [5, 5.41) is 4.43. The number of esters is 1. The highest BCUT2D eigenvalue weighted by atomic mass is 32.1. The van der Waals surface area contributed by atoms with Crippen LogP contribution in [0, 0.1) is 13.8 Å². The second-order valence-corrected chi connectivity index (χ2v) is 8.56. The molecular formula is C23H24N4O4S. The van der Waals surface area contributed by atoms with E-state index in [4.69, 9.17) is 9.47 Å². The fraction of sp³-hybridized carbons (Fsp3) is 0.304. The second-order valence-electron chi connectivity index (χ2n) is 7.55. The molecule has 0 spiro atoms. The van der Waals surface area contributed by atoms with Crippen molar-refractivity contribution in [2.45, 2.75) is 26.8 Å². The Kier molecular flexibility index (Phi) is 5.60. The predicted octanol–water partition coefficient (Wildman–Crippen LogP) is 1.77. The van der Waals surface area contributed by atoms with Crippen LogP contribution < -0.4 is 19.6 Å². The Balaban J connectivity index is 1.99. The minimum absolute atomic E-state index is 0.217. The van der Waals surface area contributed by atoms with Crippen molar-refractivity contribution in [3.05, 3.63) is 77.7 Å². The Morgan fingerprint density at radius 1 is 1.16 bits per heavy atom. The van der Waals surface area contributed by atoms with Crippen molar-refractivity contribution in [1.82, 2.24) is 14.3 Å². The fourth-order valence-corrected chi connectivity index (χ4v) is 4.95. The maximum Gasteiger partial charge on any atom is 0.338 e. The molecule has 0 bridgehead atoms. The zero-order valence-electron chi connectivity index (χ0n) is 18.8. The van der Waals surface area contributed by atoms with Crippen LogP contribution in [0.3, 0.4) is 0 Å². The average molecular weight is 453 g/mol. The van der Waals surface area contributed by atoms with Gasteiger partial charge in [-0.1, -0.05) is 23.5 Å². The Morgan fingerprint density at radius 2 is 1.84 bits per heavy atom. The Labute approximate surface area is 188 Å². The number of carbonyl (C=O) groups is 1. The van der Waals surface area contributed by atoms with Crippen LogP contribution in [0.4, 0.5) is 0 Å². The summed E-state index contributed by atoms with van der Waals surface area (Å²) in [6, 6.07) is 6.65. The van der Waals surface area contributed by atoms with Crippen LogP contribution in [0.5, 0.6) is 5.75 Å². The molecule has 0 amide bonds. The third kappa shape index (κ3) is 3.48. The summed E-state index contributed by atoms with van der Waals surface area (Å²) in [5.74, 6) is 0.171. The van der Waals surface area contributed by atoms with Crippen LogP contribution in [0.1, 0.15) is 35.5 Å². The van der Waals surface area contributed by atoms with Gasteiger partial charge in [-0.3, -0.25) is 14.0 Å². The number of ether oxygens (including phenoxy) is 2. The van der Waals surface area contributed by atoms with Crippen LogP contribution in [0.25, 0.3) is 6.08 Å². The SMILES string of the molecule is COC(=O)C1=C(C)N=c2s/c(=C\c3c(C)nn(C)c3C)c(=O)n2C1c1ccc(OC)cc1. The van der Waals surface area contributed by atoms with Gasteiger partial charge in [0.25, 0.3) is 5.56 Å². The van der Waals surface area contributed by atoms with E-state index < -0.39 is 12.0 Å². The van der Waals surface area contributed by atoms with Crippen LogP contribution in [-0.4, -0.2) is 34.5 Å². The largest absolute Gasteiger partial charge is 0.497 e. The van der Waals surface area contributed by atoms with Gasteiger partial charge >= 0.3 is 5.97 Å². The number of benzene rings is 1. The molecule has 9 heteroatoms. The molecule has 1 unspecified atom stereocenters. The number of carbonyl (C=O) groups excluding carboxylic acids is 1. The van der Waals surface area contributed by atoms with Gasteiger partial charge in [0.2, 0.25) is 0 Å². The molecule has 0 saturated carbocycles. The third-order valence-corrected chi connectivity index (χ3v) is 6.68. The number of aromatic nitrogens is 3. The van der Waals surface area contributed by atoms with Gasteiger partial charge in [-0.2, -0.15) is 5.10 Å². The number of fused-ring (bicyclic) bond motifs is 1. The zero-order valence-corrected chi connectivity index (χ0v) is 19.6. The molecule has 4 rings (SSSR count). The van der Waals surface area contributed by atoms with E-state index in [1.165, 1.54) is 18.4 Å². The van der Waals surface area contributed by atoms with E-state index in [0.717, 1.165) is 22.5 Å². The quantitative estimate of drug-likeness (QED) is 0.563. The minimum Gasteiger partial charge on any atom is -0.497 e. The molecular weight excluding hydrogens is 428 g/mol. The standard InChI is InChI=1S/C23H24N4O4S/c1-12-17(14(3)26(4)25-12)11-18-21(28)27-20(15-7-9-16(30-5)10-8-15)19(22(29)31-6)13(2)24-23(27)32-18/h7-11,20H,1-6H3/b18-11-. The number of aryl methyl sites for hydroxylation is 2. The van der Waals surface area contributed by atoms with Crippen molar-refractivity contribution in [1.29, 1.82) is 0 Å². The number of allylic oxidation sites excluding steroid dienone is 1. The number of hydrogen-bond acceptors (Lipinski definition) is 7. The van der Waals surface area contributed by atoms with E-state index in [9.17, 15) is 9.59 Å². The monoisotopic (exact) mass is 452 g/mol. The van der Waals surface area contributed by atoms with Gasteiger partial charge in [-0.15, -0.1) is 0 Å². The fourth-order valence-electron chi connectivity index (χ4n) is 3.92. The Morgan fingerprint density at radius 3 is 2.41 bits per heavy atom. The molecule has 8 nitrogen and oxygen atoms in total. The van der Waals surface area contributed by atoms with Crippen molar-refractivity contribution >= 4 is 23.4 Å². The Hall–Kier alpha value is -3.46. The normalized spacial score (nSPS) is 16.1. The van der Waals surface area contributed by atoms with E-state index in [1.807, 2.05) is 39.1 Å². The molecule has 2 aromatic heterocycles. The molecule has 1 aliphatic rings. The molecule has 0 saturated heterocycles. The highest BCUT2D eigenvalue weighted by Gasteiger charge is 2.33. The van der Waals surface area contributed by atoms with Crippen molar-refractivity contribution in [3.8, 4) is 5.75 Å². The van der Waals surface area contributed by atoms with Crippen molar-refractivity contribution in [2.75, 3.05) is 14.2 Å². The highest BCUT2D eigenvalue weighted by Crippen LogP contribution is 2.31. The summed E-state index contributed by atoms with van der Waals surface area (Å²) in [4.78, 5) is 31.4. The van der Waals surface area contributed by atoms with Gasteiger partial charge in [0.15, 0.2) is 4.80 Å². The van der Waals surface area contributed by atoms with Crippen LogP contribution in [-0.2, 0) is 16.6 Å². The molecule has 1 aliphatic heterocycles. The summed E-state index contributed by atoms with van der Waals surface area (Å²) in [6.45, 7) is 5.63. The Bertz CT molecular complexity index is 1420. The van der Waals surface area contributed by atoms with Gasteiger partial charge in [-0.25, -0.2) is 9.79 Å². The first-order valence-corrected chi connectivity index (χ1v) is 10.8. The van der Waals surface area contributed by atoms with Crippen molar-refractivity contribution < 1.29 is 14.3 Å². The molecule has 0 aliphatic carbocycles. The van der Waals surface area contributed by atoms with E-state index >= 15 is 0 Å². The summed E-state index contributed by atoms with van der Waals surface area (Å²) in [5.41, 5.74) is 4.13. The number of nitrogens with zero attached hydrogens (tertiary/aromatic N) is 4. The molecule has 3 heterocycles. The molecule has 3 aromatic rings. The van der Waals surface area contributed by atoms with E-state index in [-0.39, 0.29) is 5.56 Å².